The summed E-state index contributed by atoms with van der Waals surface area (Å²) in [6.45, 7) is 2.83. The monoisotopic (exact) mass is 311 g/mol. The summed E-state index contributed by atoms with van der Waals surface area (Å²) < 4.78 is 0. The molecule has 23 heavy (non-hydrogen) atoms. The van der Waals surface area contributed by atoms with E-state index < -0.39 is 5.97 Å². The van der Waals surface area contributed by atoms with Gasteiger partial charge in [0.1, 0.15) is 5.82 Å². The first-order valence-corrected chi connectivity index (χ1v) is 8.01. The molecule has 1 aromatic carbocycles. The van der Waals surface area contributed by atoms with Gasteiger partial charge in [-0.15, -0.1) is 0 Å². The van der Waals surface area contributed by atoms with Crippen LogP contribution in [0.15, 0.2) is 42.5 Å². The summed E-state index contributed by atoms with van der Waals surface area (Å²) in [5.74, 6) is -0.430. The molecule has 0 atom stereocenters. The fraction of sp³-hybridized carbons (Fsp3) is 0.333. The predicted octanol–water partition coefficient (Wildman–Crippen LogP) is 3.38. The van der Waals surface area contributed by atoms with Crippen molar-refractivity contribution in [1.82, 2.24) is 4.98 Å². The van der Waals surface area contributed by atoms with E-state index in [4.69, 9.17) is 5.11 Å². The van der Waals surface area contributed by atoms with Crippen LogP contribution in [0.4, 0.5) is 11.5 Å². The van der Waals surface area contributed by atoms with Gasteiger partial charge in [-0.1, -0.05) is 24.3 Å². The molecular weight excluding hydrogens is 290 g/mol. The summed E-state index contributed by atoms with van der Waals surface area (Å²) in [7, 11) is 0. The third kappa shape index (κ3) is 3.80. The summed E-state index contributed by atoms with van der Waals surface area (Å²) in [6, 6.07) is 13.4. The van der Waals surface area contributed by atoms with E-state index in [9.17, 15) is 4.79 Å². The molecule has 1 aromatic heterocycles. The van der Waals surface area contributed by atoms with Gasteiger partial charge in [0.2, 0.25) is 0 Å². The Labute approximate surface area is 136 Å². The number of para-hydroxylation sites is 1. The Morgan fingerprint density at radius 1 is 1.09 bits per heavy atom. The zero-order valence-electron chi connectivity index (χ0n) is 13.0. The van der Waals surface area contributed by atoms with Crippen molar-refractivity contribution in [3.05, 3.63) is 53.7 Å². The van der Waals surface area contributed by atoms with Crippen LogP contribution < -0.4 is 10.2 Å². The van der Waals surface area contributed by atoms with E-state index >= 15 is 0 Å². The van der Waals surface area contributed by atoms with Crippen molar-refractivity contribution in [3.8, 4) is 0 Å². The topological polar surface area (TPSA) is 65.5 Å². The van der Waals surface area contributed by atoms with Gasteiger partial charge < -0.3 is 15.3 Å². The number of nitrogens with one attached hydrogen (secondary N) is 1. The number of carboxylic acids is 1. The average Bonchev–Trinajstić information content (AvgIpc) is 2.61. The zero-order chi connectivity index (χ0) is 16.1. The number of carboxylic acid groups (broad SMARTS) is 1. The second kappa shape index (κ2) is 7.13. The maximum Gasteiger partial charge on any atom is 0.354 e. The summed E-state index contributed by atoms with van der Waals surface area (Å²) in [6.07, 6.45) is 3.79. The number of rotatable bonds is 5. The van der Waals surface area contributed by atoms with Crippen LogP contribution in [0.2, 0.25) is 0 Å². The summed E-state index contributed by atoms with van der Waals surface area (Å²) in [5.41, 5.74) is 2.52. The minimum Gasteiger partial charge on any atom is -0.477 e. The lowest BCUT2D eigenvalue weighted by atomic mass is 10.1. The van der Waals surface area contributed by atoms with Crippen molar-refractivity contribution in [3.63, 3.8) is 0 Å². The van der Waals surface area contributed by atoms with Gasteiger partial charge in [-0.25, -0.2) is 9.78 Å². The highest BCUT2D eigenvalue weighted by Gasteiger charge is 2.14. The molecular formula is C18H21N3O2. The third-order valence-electron chi connectivity index (χ3n) is 4.12. The maximum absolute atomic E-state index is 11.0. The van der Waals surface area contributed by atoms with E-state index in [1.165, 1.54) is 36.6 Å². The van der Waals surface area contributed by atoms with Gasteiger partial charge in [0, 0.05) is 25.3 Å². The largest absolute Gasteiger partial charge is 0.477 e. The number of benzene rings is 1. The summed E-state index contributed by atoms with van der Waals surface area (Å²) in [5, 5.41) is 12.2. The number of pyridine rings is 1. The van der Waals surface area contributed by atoms with E-state index in [2.05, 4.69) is 33.4 Å². The van der Waals surface area contributed by atoms with E-state index in [0.717, 1.165) is 13.1 Å². The van der Waals surface area contributed by atoms with Crippen molar-refractivity contribution >= 4 is 17.5 Å². The molecule has 0 amide bonds. The highest BCUT2D eigenvalue weighted by atomic mass is 16.4. The normalized spacial score (nSPS) is 14.5. The molecule has 120 valence electrons. The predicted molar refractivity (Wildman–Crippen MR) is 91.0 cm³/mol. The fourth-order valence-electron chi connectivity index (χ4n) is 2.94. The van der Waals surface area contributed by atoms with E-state index in [1.807, 2.05) is 6.07 Å². The third-order valence-corrected chi connectivity index (χ3v) is 4.12. The highest BCUT2D eigenvalue weighted by molar-refractivity contribution is 5.85. The molecule has 2 heterocycles. The molecule has 0 radical (unpaired) electrons. The van der Waals surface area contributed by atoms with Gasteiger partial charge >= 0.3 is 5.97 Å². The number of hydrogen-bond acceptors (Lipinski definition) is 4. The lowest BCUT2D eigenvalue weighted by Crippen LogP contribution is -2.30. The Hall–Kier alpha value is -2.56. The molecule has 3 rings (SSSR count). The summed E-state index contributed by atoms with van der Waals surface area (Å²) in [4.78, 5) is 17.5. The molecule has 0 aliphatic carbocycles. The van der Waals surface area contributed by atoms with Crippen LogP contribution in [0.25, 0.3) is 0 Å². The van der Waals surface area contributed by atoms with Crippen LogP contribution in [0.5, 0.6) is 0 Å². The Morgan fingerprint density at radius 3 is 2.65 bits per heavy atom. The molecule has 1 fully saturated rings. The SMILES string of the molecule is O=C(O)c1cccc(NCc2ccccc2N2CCCCC2)n1. The number of piperidine rings is 1. The Morgan fingerprint density at radius 2 is 1.87 bits per heavy atom. The second-order valence-electron chi connectivity index (χ2n) is 5.74. The van der Waals surface area contributed by atoms with Crippen molar-refractivity contribution < 1.29 is 9.90 Å². The molecule has 0 saturated carbocycles. The molecule has 0 unspecified atom stereocenters. The quantitative estimate of drug-likeness (QED) is 0.886. The minimum atomic E-state index is -1.01. The molecule has 5 nitrogen and oxygen atoms in total. The smallest absolute Gasteiger partial charge is 0.354 e. The first kappa shape index (κ1) is 15.3. The summed E-state index contributed by atoms with van der Waals surface area (Å²) >= 11 is 0. The Bertz CT molecular complexity index is 681. The van der Waals surface area contributed by atoms with Gasteiger partial charge in [-0.2, -0.15) is 0 Å². The lowest BCUT2D eigenvalue weighted by molar-refractivity contribution is 0.0690. The molecule has 2 aromatic rings. The van der Waals surface area contributed by atoms with E-state index in [1.54, 1.807) is 12.1 Å². The number of aromatic nitrogens is 1. The molecule has 2 N–H and O–H groups in total. The van der Waals surface area contributed by atoms with Crippen LogP contribution in [-0.4, -0.2) is 29.1 Å². The number of carbonyl (C=O) groups is 1. The van der Waals surface area contributed by atoms with Crippen molar-refractivity contribution in [2.75, 3.05) is 23.3 Å². The highest BCUT2D eigenvalue weighted by Crippen LogP contribution is 2.24. The van der Waals surface area contributed by atoms with Crippen LogP contribution in [0.1, 0.15) is 35.3 Å². The average molecular weight is 311 g/mol. The van der Waals surface area contributed by atoms with Gasteiger partial charge in [0.15, 0.2) is 5.69 Å². The zero-order valence-corrected chi connectivity index (χ0v) is 13.0. The number of aromatic carboxylic acids is 1. The molecule has 0 bridgehead atoms. The first-order valence-electron chi connectivity index (χ1n) is 8.01. The van der Waals surface area contributed by atoms with Crippen molar-refractivity contribution in [2.24, 2.45) is 0 Å². The van der Waals surface area contributed by atoms with Gasteiger partial charge in [-0.3, -0.25) is 0 Å². The van der Waals surface area contributed by atoms with Crippen LogP contribution in [-0.2, 0) is 6.54 Å². The second-order valence-corrected chi connectivity index (χ2v) is 5.74. The van der Waals surface area contributed by atoms with Crippen LogP contribution >= 0.6 is 0 Å². The van der Waals surface area contributed by atoms with Crippen molar-refractivity contribution in [2.45, 2.75) is 25.8 Å². The van der Waals surface area contributed by atoms with Gasteiger partial charge in [0.05, 0.1) is 0 Å². The molecule has 1 saturated heterocycles. The first-order chi connectivity index (χ1) is 11.2. The number of anilines is 2. The van der Waals surface area contributed by atoms with Gasteiger partial charge in [-0.05, 0) is 43.0 Å². The van der Waals surface area contributed by atoms with Crippen LogP contribution in [0, 0.1) is 0 Å². The van der Waals surface area contributed by atoms with Crippen LogP contribution in [0.3, 0.4) is 0 Å². The Balaban J connectivity index is 1.73. The van der Waals surface area contributed by atoms with E-state index in [-0.39, 0.29) is 5.69 Å². The maximum atomic E-state index is 11.0. The minimum absolute atomic E-state index is 0.0549. The molecule has 0 spiro atoms. The lowest BCUT2D eigenvalue weighted by Gasteiger charge is -2.30. The molecule has 5 heteroatoms. The Kier molecular flexibility index (Phi) is 4.76. The molecule has 1 aliphatic rings. The van der Waals surface area contributed by atoms with Gasteiger partial charge in [0.25, 0.3) is 0 Å². The number of nitrogens with zero attached hydrogens (tertiary/aromatic N) is 2. The molecule has 1 aliphatic heterocycles. The fourth-order valence-corrected chi connectivity index (χ4v) is 2.94. The van der Waals surface area contributed by atoms with E-state index in [0.29, 0.717) is 12.4 Å². The number of hydrogen-bond donors (Lipinski definition) is 2. The standard InChI is InChI=1S/C18H21N3O2/c22-18(23)15-8-6-10-17(20-15)19-13-14-7-2-3-9-16(14)21-11-4-1-5-12-21/h2-3,6-10H,1,4-5,11-13H2,(H,19,20)(H,22,23). The van der Waals surface area contributed by atoms with Crippen molar-refractivity contribution in [1.29, 1.82) is 0 Å².